The second-order valence-corrected chi connectivity index (χ2v) is 7.05. The van der Waals surface area contributed by atoms with Crippen molar-refractivity contribution in [2.45, 2.75) is 19.8 Å². The molecule has 27 heavy (non-hydrogen) atoms. The van der Waals surface area contributed by atoms with Gasteiger partial charge in [0.15, 0.2) is 0 Å². The number of urea groups is 1. The van der Waals surface area contributed by atoms with E-state index in [-0.39, 0.29) is 6.03 Å². The van der Waals surface area contributed by atoms with Gasteiger partial charge >= 0.3 is 6.03 Å². The fourth-order valence-corrected chi connectivity index (χ4v) is 3.44. The van der Waals surface area contributed by atoms with Gasteiger partial charge < -0.3 is 15.0 Å². The van der Waals surface area contributed by atoms with Crippen LogP contribution in [-0.2, 0) is 6.42 Å². The number of hydrogen-bond acceptors (Lipinski definition) is 3. The van der Waals surface area contributed by atoms with Gasteiger partial charge in [-0.3, -0.25) is 4.90 Å². The zero-order valence-electron chi connectivity index (χ0n) is 16.3. The average Bonchev–Trinajstić information content (AvgIpc) is 2.69. The Balaban J connectivity index is 1.43. The Morgan fingerprint density at radius 1 is 1.07 bits per heavy atom. The van der Waals surface area contributed by atoms with E-state index in [9.17, 15) is 4.79 Å². The predicted molar refractivity (Wildman–Crippen MR) is 110 cm³/mol. The molecule has 0 atom stereocenters. The van der Waals surface area contributed by atoms with Gasteiger partial charge in [0.05, 0.1) is 12.8 Å². The largest absolute Gasteiger partial charge is 0.495 e. The number of rotatable bonds is 6. The molecule has 2 aromatic carbocycles. The summed E-state index contributed by atoms with van der Waals surface area (Å²) in [7, 11) is 1.62. The third kappa shape index (κ3) is 5.47. The first-order chi connectivity index (χ1) is 13.2. The van der Waals surface area contributed by atoms with Gasteiger partial charge in [-0.15, -0.1) is 0 Å². The topological polar surface area (TPSA) is 44.8 Å². The van der Waals surface area contributed by atoms with E-state index in [1.807, 2.05) is 30.0 Å². The first-order valence-electron chi connectivity index (χ1n) is 9.62. The molecule has 5 nitrogen and oxygen atoms in total. The molecule has 0 spiro atoms. The lowest BCUT2D eigenvalue weighted by Gasteiger charge is -2.34. The van der Waals surface area contributed by atoms with Crippen molar-refractivity contribution in [2.24, 2.45) is 0 Å². The van der Waals surface area contributed by atoms with E-state index in [2.05, 4.69) is 40.5 Å². The molecule has 2 aromatic rings. The molecule has 1 N–H and O–H groups in total. The predicted octanol–water partition coefficient (Wildman–Crippen LogP) is 3.79. The summed E-state index contributed by atoms with van der Waals surface area (Å²) in [5.74, 6) is 0.688. The van der Waals surface area contributed by atoms with Crippen molar-refractivity contribution >= 4 is 11.7 Å². The van der Waals surface area contributed by atoms with E-state index in [1.165, 1.54) is 5.56 Å². The summed E-state index contributed by atoms with van der Waals surface area (Å²) in [6.07, 6.45) is 2.26. The van der Waals surface area contributed by atoms with Crippen LogP contribution in [0.25, 0.3) is 0 Å². The molecule has 1 heterocycles. The van der Waals surface area contributed by atoms with Crippen LogP contribution in [0.1, 0.15) is 17.5 Å². The monoisotopic (exact) mass is 367 g/mol. The van der Waals surface area contributed by atoms with Crippen molar-refractivity contribution in [1.29, 1.82) is 0 Å². The molecule has 0 unspecified atom stereocenters. The first kappa shape index (κ1) is 19.2. The third-order valence-electron chi connectivity index (χ3n) is 5.04. The number of aryl methyl sites for hydroxylation is 2. The van der Waals surface area contributed by atoms with Crippen molar-refractivity contribution in [3.05, 3.63) is 59.7 Å². The number of nitrogens with one attached hydrogen (secondary N) is 1. The minimum absolute atomic E-state index is 0.0529. The summed E-state index contributed by atoms with van der Waals surface area (Å²) < 4.78 is 5.34. The van der Waals surface area contributed by atoms with Crippen LogP contribution in [0.4, 0.5) is 10.5 Å². The van der Waals surface area contributed by atoms with E-state index in [0.29, 0.717) is 5.75 Å². The molecule has 0 aliphatic carbocycles. The summed E-state index contributed by atoms with van der Waals surface area (Å²) in [6.45, 7) is 6.44. The highest BCUT2D eigenvalue weighted by atomic mass is 16.5. The molecule has 3 rings (SSSR count). The Morgan fingerprint density at radius 3 is 2.52 bits per heavy atom. The zero-order valence-corrected chi connectivity index (χ0v) is 16.3. The second kappa shape index (κ2) is 9.42. The van der Waals surface area contributed by atoms with Crippen molar-refractivity contribution in [2.75, 3.05) is 45.2 Å². The average molecular weight is 367 g/mol. The molecule has 1 fully saturated rings. The first-order valence-corrected chi connectivity index (χ1v) is 9.62. The number of hydrogen-bond donors (Lipinski definition) is 1. The van der Waals surface area contributed by atoms with Crippen molar-refractivity contribution in [3.63, 3.8) is 0 Å². The highest BCUT2D eigenvalue weighted by Crippen LogP contribution is 2.25. The minimum Gasteiger partial charge on any atom is -0.495 e. The van der Waals surface area contributed by atoms with E-state index >= 15 is 0 Å². The summed E-state index contributed by atoms with van der Waals surface area (Å²) in [5.41, 5.74) is 3.21. The molecule has 1 aliphatic rings. The Hall–Kier alpha value is -2.53. The van der Waals surface area contributed by atoms with Gasteiger partial charge in [-0.1, -0.05) is 36.4 Å². The molecule has 2 amide bonds. The third-order valence-corrected chi connectivity index (χ3v) is 5.04. The van der Waals surface area contributed by atoms with Gasteiger partial charge in [-0.25, -0.2) is 4.79 Å². The van der Waals surface area contributed by atoms with Crippen molar-refractivity contribution < 1.29 is 9.53 Å². The lowest BCUT2D eigenvalue weighted by molar-refractivity contribution is 0.146. The summed E-state index contributed by atoms with van der Waals surface area (Å²) in [5, 5.41) is 2.99. The number of carbonyl (C=O) groups is 1. The number of ether oxygens (including phenoxy) is 1. The minimum atomic E-state index is -0.0529. The highest BCUT2D eigenvalue weighted by Gasteiger charge is 2.21. The van der Waals surface area contributed by atoms with E-state index < -0.39 is 0 Å². The SMILES string of the molecule is COc1ccc(C)cc1NC(=O)N1CCN(CCCc2ccccc2)CC1. The molecule has 0 saturated carbocycles. The van der Waals surface area contributed by atoms with Gasteiger partial charge in [0, 0.05) is 26.2 Å². The summed E-state index contributed by atoms with van der Waals surface area (Å²) >= 11 is 0. The standard InChI is InChI=1S/C22H29N3O2/c1-18-10-11-21(27-2)20(17-18)23-22(26)25-15-13-24(14-16-25)12-6-9-19-7-4-3-5-8-19/h3-5,7-8,10-11,17H,6,9,12-16H2,1-2H3,(H,23,26). The molecular formula is C22H29N3O2. The van der Waals surface area contributed by atoms with E-state index in [1.54, 1.807) is 7.11 Å². The number of benzene rings is 2. The number of carbonyl (C=O) groups excluding carboxylic acids is 1. The number of piperazine rings is 1. The van der Waals surface area contributed by atoms with Crippen molar-refractivity contribution in [3.8, 4) is 5.75 Å². The highest BCUT2D eigenvalue weighted by molar-refractivity contribution is 5.91. The van der Waals surface area contributed by atoms with Crippen LogP contribution in [0.15, 0.2) is 48.5 Å². The van der Waals surface area contributed by atoms with Crippen LogP contribution < -0.4 is 10.1 Å². The molecule has 5 heteroatoms. The molecule has 144 valence electrons. The lowest BCUT2D eigenvalue weighted by Crippen LogP contribution is -2.50. The van der Waals surface area contributed by atoms with Crippen LogP contribution in [0.5, 0.6) is 5.75 Å². The van der Waals surface area contributed by atoms with Crippen LogP contribution in [-0.4, -0.2) is 55.7 Å². The van der Waals surface area contributed by atoms with Gasteiger partial charge in [-0.2, -0.15) is 0 Å². The fourth-order valence-electron chi connectivity index (χ4n) is 3.44. The number of anilines is 1. The van der Waals surface area contributed by atoms with Crippen LogP contribution in [0, 0.1) is 6.92 Å². The smallest absolute Gasteiger partial charge is 0.322 e. The second-order valence-electron chi connectivity index (χ2n) is 7.05. The van der Waals surface area contributed by atoms with Gasteiger partial charge in [0.25, 0.3) is 0 Å². The number of amides is 2. The van der Waals surface area contributed by atoms with Gasteiger partial charge in [0.2, 0.25) is 0 Å². The molecular weight excluding hydrogens is 338 g/mol. The Kier molecular flexibility index (Phi) is 6.71. The Bertz CT molecular complexity index is 740. The quantitative estimate of drug-likeness (QED) is 0.845. The molecule has 0 bridgehead atoms. The van der Waals surface area contributed by atoms with E-state index in [0.717, 1.165) is 56.8 Å². The van der Waals surface area contributed by atoms with E-state index in [4.69, 9.17) is 4.74 Å². The normalized spacial score (nSPS) is 14.8. The van der Waals surface area contributed by atoms with Crippen LogP contribution >= 0.6 is 0 Å². The van der Waals surface area contributed by atoms with Crippen molar-refractivity contribution in [1.82, 2.24) is 9.80 Å². The number of methoxy groups -OCH3 is 1. The van der Waals surface area contributed by atoms with Gasteiger partial charge in [0.1, 0.15) is 5.75 Å². The Labute approximate surface area is 161 Å². The maximum absolute atomic E-state index is 12.6. The zero-order chi connectivity index (χ0) is 19.1. The summed E-state index contributed by atoms with van der Waals surface area (Å²) in [4.78, 5) is 16.9. The van der Waals surface area contributed by atoms with Crippen LogP contribution in [0.3, 0.4) is 0 Å². The lowest BCUT2D eigenvalue weighted by atomic mass is 10.1. The van der Waals surface area contributed by atoms with Crippen LogP contribution in [0.2, 0.25) is 0 Å². The maximum Gasteiger partial charge on any atom is 0.322 e. The molecule has 1 aliphatic heterocycles. The molecule has 0 radical (unpaired) electrons. The summed E-state index contributed by atoms with van der Waals surface area (Å²) in [6, 6.07) is 16.4. The maximum atomic E-state index is 12.6. The molecule has 1 saturated heterocycles. The van der Waals surface area contributed by atoms with Gasteiger partial charge in [-0.05, 0) is 49.6 Å². The fraction of sp³-hybridized carbons (Fsp3) is 0.409. The molecule has 0 aromatic heterocycles. The Morgan fingerprint density at radius 2 is 1.81 bits per heavy atom. The number of nitrogens with zero attached hydrogens (tertiary/aromatic N) is 2.